The summed E-state index contributed by atoms with van der Waals surface area (Å²) in [7, 11) is 3.15. The SMILES string of the molecule is COC(=O)C(C)=CCC12OC(C)(C)C3CC(C1=O)C1C4=C(c5c(OCBr)c6c(c(CC=C(C)C)c5OC432)OC(C)(CCC=C(C)C)C=C6)N(C)C(=N)C1C#N. The van der Waals surface area contributed by atoms with E-state index in [0.717, 1.165) is 35.1 Å². The van der Waals surface area contributed by atoms with Gasteiger partial charge in [0.05, 0.1) is 35.6 Å². The Bertz CT molecular complexity index is 2100. The number of carbonyl (C=O) groups is 2. The van der Waals surface area contributed by atoms with Gasteiger partial charge in [0.2, 0.25) is 0 Å². The lowest BCUT2D eigenvalue weighted by Crippen LogP contribution is -2.76. The first-order valence-electron chi connectivity index (χ1n) is 19.2. The second kappa shape index (κ2) is 13.5. The molecule has 4 aliphatic heterocycles. The number of ether oxygens (including phenoxy) is 5. The third kappa shape index (κ3) is 5.52. The Balaban J connectivity index is 1.59. The van der Waals surface area contributed by atoms with Gasteiger partial charge in [-0.05, 0) is 109 Å². The summed E-state index contributed by atoms with van der Waals surface area (Å²) >= 11 is 3.54. The van der Waals surface area contributed by atoms with Crippen molar-refractivity contribution in [3.05, 3.63) is 63.3 Å². The van der Waals surface area contributed by atoms with Gasteiger partial charge in [-0.25, -0.2) is 4.79 Å². The van der Waals surface area contributed by atoms with Crippen LogP contribution < -0.4 is 14.2 Å². The average molecular weight is 815 g/mol. The van der Waals surface area contributed by atoms with Gasteiger partial charge >= 0.3 is 5.97 Å². The third-order valence-corrected chi connectivity index (χ3v) is 13.0. The van der Waals surface area contributed by atoms with Crippen LogP contribution in [0.25, 0.3) is 11.8 Å². The van der Waals surface area contributed by atoms with Crippen molar-refractivity contribution in [2.75, 3.05) is 19.7 Å². The zero-order chi connectivity index (χ0) is 40.0. The fourth-order valence-corrected chi connectivity index (χ4v) is 10.5. The van der Waals surface area contributed by atoms with E-state index < -0.39 is 46.1 Å². The lowest BCUT2D eigenvalue weighted by molar-refractivity contribution is -0.183. The van der Waals surface area contributed by atoms with E-state index >= 15 is 4.79 Å². The molecule has 292 valence electrons. The van der Waals surface area contributed by atoms with Gasteiger partial charge in [0.25, 0.3) is 0 Å². The highest BCUT2D eigenvalue weighted by atomic mass is 79.9. The maximum Gasteiger partial charge on any atom is 0.333 e. The predicted molar refractivity (Wildman–Crippen MR) is 214 cm³/mol. The number of esters is 1. The molecule has 4 heterocycles. The number of benzene rings is 1. The van der Waals surface area contributed by atoms with Crippen LogP contribution in [0.2, 0.25) is 0 Å². The number of Topliss-reactive ketones (excluding diaryl/α,β-unsaturated/α-hetero) is 1. The van der Waals surface area contributed by atoms with Crippen LogP contribution >= 0.6 is 15.9 Å². The van der Waals surface area contributed by atoms with Gasteiger partial charge in [0.15, 0.2) is 17.0 Å². The van der Waals surface area contributed by atoms with Crippen molar-refractivity contribution < 1.29 is 33.3 Å². The normalized spacial score (nSPS) is 31.7. The van der Waals surface area contributed by atoms with E-state index in [1.54, 1.807) is 17.9 Å². The molecule has 3 aliphatic carbocycles. The highest BCUT2D eigenvalue weighted by Crippen LogP contribution is 2.74. The molecule has 0 radical (unpaired) electrons. The molecule has 4 fully saturated rings. The topological polar surface area (TPSA) is 131 Å². The van der Waals surface area contributed by atoms with E-state index in [0.29, 0.717) is 46.9 Å². The van der Waals surface area contributed by atoms with Crippen LogP contribution in [0, 0.1) is 40.4 Å². The summed E-state index contributed by atoms with van der Waals surface area (Å²) in [5, 5.41) is 20.2. The number of halogens is 1. The molecule has 7 atom stereocenters. The van der Waals surface area contributed by atoms with Crippen molar-refractivity contribution in [3.63, 3.8) is 0 Å². The van der Waals surface area contributed by atoms with Gasteiger partial charge in [-0.2, -0.15) is 5.26 Å². The number of rotatable bonds is 10. The summed E-state index contributed by atoms with van der Waals surface area (Å²) in [6.45, 7) is 16.1. The van der Waals surface area contributed by atoms with Crippen molar-refractivity contribution in [1.82, 2.24) is 4.90 Å². The Morgan fingerprint density at radius 3 is 2.45 bits per heavy atom. The summed E-state index contributed by atoms with van der Waals surface area (Å²) in [6.07, 6.45) is 12.8. The zero-order valence-corrected chi connectivity index (χ0v) is 35.2. The van der Waals surface area contributed by atoms with E-state index in [1.165, 1.54) is 12.7 Å². The maximum atomic E-state index is 15.3. The number of nitrogens with one attached hydrogen (secondary N) is 1. The molecule has 1 aromatic carbocycles. The van der Waals surface area contributed by atoms with Gasteiger partial charge in [-0.15, -0.1) is 0 Å². The van der Waals surface area contributed by atoms with E-state index in [-0.39, 0.29) is 29.5 Å². The van der Waals surface area contributed by atoms with E-state index in [2.05, 4.69) is 80.9 Å². The minimum Gasteiger partial charge on any atom is -0.482 e. The highest BCUT2D eigenvalue weighted by molar-refractivity contribution is 9.09. The van der Waals surface area contributed by atoms with Crippen LogP contribution in [0.15, 0.2) is 46.6 Å². The van der Waals surface area contributed by atoms with E-state index in [4.69, 9.17) is 23.7 Å². The fourth-order valence-electron chi connectivity index (χ4n) is 10.3. The van der Waals surface area contributed by atoms with Gasteiger partial charge in [0.1, 0.15) is 40.1 Å². The monoisotopic (exact) mass is 813 g/mol. The molecule has 10 nitrogen and oxygen atoms in total. The molecule has 7 aliphatic rings. The Kier molecular flexibility index (Phi) is 9.61. The molecular weight excluding hydrogens is 762 g/mol. The number of allylic oxidation sites excluding steroid dienone is 4. The summed E-state index contributed by atoms with van der Waals surface area (Å²) < 4.78 is 33.5. The van der Waals surface area contributed by atoms with Gasteiger partial charge in [0, 0.05) is 47.9 Å². The van der Waals surface area contributed by atoms with Crippen LogP contribution in [0.3, 0.4) is 0 Å². The molecule has 0 aromatic heterocycles. The number of hydrogen-bond donors (Lipinski definition) is 1. The number of hydrogen-bond acceptors (Lipinski definition) is 9. The van der Waals surface area contributed by atoms with E-state index in [1.807, 2.05) is 20.9 Å². The summed E-state index contributed by atoms with van der Waals surface area (Å²) in [5.41, 5.74) is 2.21. The largest absolute Gasteiger partial charge is 0.482 e. The molecule has 1 aromatic rings. The summed E-state index contributed by atoms with van der Waals surface area (Å²) in [6, 6.07) is 2.42. The van der Waals surface area contributed by atoms with Crippen LogP contribution in [-0.2, 0) is 25.5 Å². The number of fused-ring (bicyclic) bond motifs is 3. The zero-order valence-electron chi connectivity index (χ0n) is 33.6. The first-order valence-corrected chi connectivity index (χ1v) is 20.3. The Labute approximate surface area is 332 Å². The Morgan fingerprint density at radius 1 is 1.11 bits per heavy atom. The molecular formula is C44H52BrN3O7. The average Bonchev–Trinajstić information content (AvgIpc) is 3.27. The number of amidine groups is 1. The van der Waals surface area contributed by atoms with Crippen LogP contribution in [-0.4, -0.2) is 64.6 Å². The lowest BCUT2D eigenvalue weighted by Gasteiger charge is -2.64. The number of ketones is 1. The van der Waals surface area contributed by atoms with E-state index in [9.17, 15) is 15.5 Å². The van der Waals surface area contributed by atoms with Gasteiger partial charge in [-0.3, -0.25) is 10.2 Å². The molecule has 4 bridgehead atoms. The number of nitrogens with zero attached hydrogens (tertiary/aromatic N) is 2. The molecule has 8 rings (SSSR count). The van der Waals surface area contributed by atoms with Crippen molar-refractivity contribution >= 4 is 45.3 Å². The first kappa shape index (κ1) is 39.1. The van der Waals surface area contributed by atoms with Crippen LogP contribution in [0.1, 0.15) is 97.8 Å². The minimum atomic E-state index is -1.55. The van der Waals surface area contributed by atoms with Crippen molar-refractivity contribution in [2.45, 2.75) is 110 Å². The summed E-state index contributed by atoms with van der Waals surface area (Å²) in [4.78, 5) is 29.8. The smallest absolute Gasteiger partial charge is 0.333 e. The van der Waals surface area contributed by atoms with Crippen molar-refractivity contribution in [1.29, 1.82) is 10.7 Å². The highest BCUT2D eigenvalue weighted by Gasteiger charge is 2.84. The first-order chi connectivity index (χ1) is 25.9. The minimum absolute atomic E-state index is 0.0566. The number of methoxy groups -OCH3 is 1. The molecule has 7 unspecified atom stereocenters. The number of nitriles is 1. The van der Waals surface area contributed by atoms with Gasteiger partial charge < -0.3 is 28.6 Å². The lowest BCUT2D eigenvalue weighted by atomic mass is 9.44. The molecule has 1 spiro atoms. The molecule has 3 saturated carbocycles. The molecule has 11 heteroatoms. The maximum absolute atomic E-state index is 15.3. The quantitative estimate of drug-likeness (QED) is 0.107. The molecule has 0 amide bonds. The van der Waals surface area contributed by atoms with Crippen molar-refractivity contribution in [2.24, 2.45) is 23.7 Å². The van der Waals surface area contributed by atoms with Gasteiger partial charge in [-0.1, -0.05) is 29.4 Å². The number of carbonyl (C=O) groups excluding carboxylic acids is 2. The fraction of sp³-hybridized carbons (Fsp3) is 0.545. The van der Waals surface area contributed by atoms with Crippen LogP contribution in [0.5, 0.6) is 17.2 Å². The van der Waals surface area contributed by atoms with Crippen molar-refractivity contribution in [3.8, 4) is 23.3 Å². The molecule has 1 N–H and O–H groups in total. The molecule has 55 heavy (non-hydrogen) atoms. The Hall–Kier alpha value is -4.14. The third-order valence-electron chi connectivity index (χ3n) is 12.7. The second-order valence-electron chi connectivity index (χ2n) is 17.1. The molecule has 1 saturated heterocycles. The Morgan fingerprint density at radius 2 is 1.82 bits per heavy atom. The standard InChI is InChI=1S/C44H52BrN3O7/c1-23(2)12-11-17-42(8)18-16-27-35(53-42)26(14-13-24(3)4)37-32(36(27)52-22-45)34-33-31(29(21-46)39(47)48(34)9)28-20-30-41(6,7)55-43(38(28)49,44(30,33)54-37)19-15-25(5)40(50)51-10/h12-13,15-16,18,28-31,47H,11,14,17,19-20,22H2,1-10H3. The number of alkyl halides is 1. The van der Waals surface area contributed by atoms with Crippen LogP contribution in [0.4, 0.5) is 0 Å². The summed E-state index contributed by atoms with van der Waals surface area (Å²) in [5.74, 6) is -1.27. The second-order valence-corrected chi connectivity index (χ2v) is 17.6. The predicted octanol–water partition coefficient (Wildman–Crippen LogP) is 8.63.